The lowest BCUT2D eigenvalue weighted by Gasteiger charge is -2.20. The van der Waals surface area contributed by atoms with Crippen LogP contribution in [0.2, 0.25) is 0 Å². The molecule has 0 saturated carbocycles. The van der Waals surface area contributed by atoms with Crippen molar-refractivity contribution in [3.63, 3.8) is 0 Å². The summed E-state index contributed by atoms with van der Waals surface area (Å²) in [4.78, 5) is 4.96. The maximum atomic E-state index is 4.96. The maximum Gasteiger partial charge on any atom is 0.114 e. The molecule has 2 heteroatoms. The molecule has 1 heterocycles. The van der Waals surface area contributed by atoms with Crippen LogP contribution in [0.5, 0.6) is 0 Å². The number of rotatable bonds is 4. The molecule has 212 valence electrons. The Morgan fingerprint density at radius 1 is 0.489 bits per heavy atom. The molecule has 0 aliphatic heterocycles. The number of para-hydroxylation sites is 2. The number of hydrogen-bond donors (Lipinski definition) is 0. The van der Waals surface area contributed by atoms with Crippen molar-refractivity contribution in [2.45, 2.75) is 13.3 Å². The highest BCUT2D eigenvalue weighted by atomic mass is 15.1. The van der Waals surface area contributed by atoms with E-state index in [1.54, 1.807) is 0 Å². The summed E-state index contributed by atoms with van der Waals surface area (Å²) in [6.45, 7) is 2.18. The van der Waals surface area contributed by atoms with Crippen molar-refractivity contribution in [1.82, 2.24) is 9.55 Å². The average Bonchev–Trinajstić information content (AvgIpc) is 3.49. The lowest BCUT2D eigenvalue weighted by atomic mass is 9.84. The monoisotopic (exact) mass is 574 g/mol. The van der Waals surface area contributed by atoms with Crippen LogP contribution in [-0.2, 0) is 6.42 Å². The third-order valence-corrected chi connectivity index (χ3v) is 9.31. The van der Waals surface area contributed by atoms with Crippen molar-refractivity contribution < 1.29 is 0 Å². The van der Waals surface area contributed by atoms with Gasteiger partial charge in [-0.15, -0.1) is 0 Å². The van der Waals surface area contributed by atoms with Gasteiger partial charge in [0.2, 0.25) is 0 Å². The van der Waals surface area contributed by atoms with Crippen LogP contribution in [0.25, 0.3) is 82.1 Å². The zero-order valence-electron chi connectivity index (χ0n) is 25.0. The Morgan fingerprint density at radius 2 is 1.07 bits per heavy atom. The summed E-state index contributed by atoms with van der Waals surface area (Å²) in [7, 11) is 0. The van der Waals surface area contributed by atoms with E-state index in [2.05, 4.69) is 163 Å². The zero-order chi connectivity index (χ0) is 29.9. The predicted molar refractivity (Wildman–Crippen MR) is 191 cm³/mol. The Labute approximate surface area is 261 Å². The number of nitrogens with zero attached hydrogens (tertiary/aromatic N) is 2. The van der Waals surface area contributed by atoms with Crippen LogP contribution < -0.4 is 0 Å². The fourth-order valence-corrected chi connectivity index (χ4v) is 7.39. The molecular weight excluding hydrogens is 544 g/mol. The molecule has 0 unspecified atom stereocenters. The van der Waals surface area contributed by atoms with Crippen molar-refractivity contribution in [2.24, 2.45) is 0 Å². The molecule has 0 spiro atoms. The number of benzene rings is 8. The standard InChI is InChI=1S/C43H30N2/c1-2-41-44-39-24-11-12-25-40(39)45(41)30-16-13-15-29(26-30)42-34-20-7-9-22-36(34)43(37-23-10-8-21-35(37)42)38-27-28-14-3-4-17-31(28)32-18-5-6-19-33(32)38/h3-27H,2H2,1H3. The zero-order valence-corrected chi connectivity index (χ0v) is 25.0. The molecular formula is C43H30N2. The molecule has 0 fully saturated rings. The SMILES string of the molecule is CCc1nc2ccccc2n1-c1cccc(-c2c3ccccc3c(-c3cc4ccccc4c4ccccc34)c3ccccc23)c1. The van der Waals surface area contributed by atoms with Crippen LogP contribution in [0.1, 0.15) is 12.7 Å². The number of aryl methyl sites for hydroxylation is 1. The Morgan fingerprint density at radius 3 is 1.78 bits per heavy atom. The quantitative estimate of drug-likeness (QED) is 0.151. The van der Waals surface area contributed by atoms with Crippen molar-refractivity contribution in [3.8, 4) is 27.9 Å². The van der Waals surface area contributed by atoms with Crippen LogP contribution in [0.3, 0.4) is 0 Å². The van der Waals surface area contributed by atoms with Gasteiger partial charge in [0.05, 0.1) is 11.0 Å². The van der Waals surface area contributed by atoms with Gasteiger partial charge in [-0.3, -0.25) is 4.57 Å². The summed E-state index contributed by atoms with van der Waals surface area (Å²) < 4.78 is 2.32. The molecule has 45 heavy (non-hydrogen) atoms. The summed E-state index contributed by atoms with van der Waals surface area (Å²) in [5.41, 5.74) is 8.33. The third kappa shape index (κ3) is 3.92. The topological polar surface area (TPSA) is 17.8 Å². The molecule has 0 atom stereocenters. The second-order valence-electron chi connectivity index (χ2n) is 11.8. The van der Waals surface area contributed by atoms with Crippen LogP contribution in [0, 0.1) is 0 Å². The molecule has 0 radical (unpaired) electrons. The van der Waals surface area contributed by atoms with Gasteiger partial charge in [0, 0.05) is 12.1 Å². The van der Waals surface area contributed by atoms with Crippen molar-refractivity contribution in [2.75, 3.05) is 0 Å². The minimum atomic E-state index is 0.860. The molecule has 0 aliphatic rings. The maximum absolute atomic E-state index is 4.96. The molecule has 8 aromatic carbocycles. The van der Waals surface area contributed by atoms with Crippen LogP contribution in [0.4, 0.5) is 0 Å². The molecule has 0 bridgehead atoms. The molecule has 0 N–H and O–H groups in total. The summed E-state index contributed by atoms with van der Waals surface area (Å²) >= 11 is 0. The van der Waals surface area contributed by atoms with E-state index < -0.39 is 0 Å². The molecule has 9 rings (SSSR count). The van der Waals surface area contributed by atoms with Gasteiger partial charge in [-0.1, -0.05) is 128 Å². The van der Waals surface area contributed by atoms with E-state index in [-0.39, 0.29) is 0 Å². The molecule has 9 aromatic rings. The molecule has 0 saturated heterocycles. The molecule has 0 amide bonds. The molecule has 1 aromatic heterocycles. The highest BCUT2D eigenvalue weighted by molar-refractivity contribution is 6.25. The first-order valence-corrected chi connectivity index (χ1v) is 15.7. The number of fused-ring (bicyclic) bond motifs is 6. The van der Waals surface area contributed by atoms with E-state index in [9.17, 15) is 0 Å². The lowest BCUT2D eigenvalue weighted by Crippen LogP contribution is -2.00. The highest BCUT2D eigenvalue weighted by Gasteiger charge is 2.19. The minimum absolute atomic E-state index is 0.860. The largest absolute Gasteiger partial charge is 0.296 e. The van der Waals surface area contributed by atoms with Crippen molar-refractivity contribution in [3.05, 3.63) is 157 Å². The van der Waals surface area contributed by atoms with E-state index in [0.29, 0.717) is 0 Å². The van der Waals surface area contributed by atoms with Gasteiger partial charge in [0.15, 0.2) is 0 Å². The Bertz CT molecular complexity index is 2530. The van der Waals surface area contributed by atoms with Crippen molar-refractivity contribution in [1.29, 1.82) is 0 Å². The third-order valence-electron chi connectivity index (χ3n) is 9.31. The first-order chi connectivity index (χ1) is 22.3. The summed E-state index contributed by atoms with van der Waals surface area (Å²) in [6.07, 6.45) is 0.860. The Hall–Kier alpha value is -5.73. The van der Waals surface area contributed by atoms with E-state index in [4.69, 9.17) is 4.98 Å². The smallest absolute Gasteiger partial charge is 0.114 e. The van der Waals surface area contributed by atoms with Crippen LogP contribution >= 0.6 is 0 Å². The van der Waals surface area contributed by atoms with Crippen LogP contribution in [0.15, 0.2) is 152 Å². The number of imidazole rings is 1. The minimum Gasteiger partial charge on any atom is -0.296 e. The van der Waals surface area contributed by atoms with Gasteiger partial charge in [-0.2, -0.15) is 0 Å². The van der Waals surface area contributed by atoms with Gasteiger partial charge in [0.1, 0.15) is 5.82 Å². The number of hydrogen-bond acceptors (Lipinski definition) is 1. The van der Waals surface area contributed by atoms with Crippen LogP contribution in [-0.4, -0.2) is 9.55 Å². The van der Waals surface area contributed by atoms with E-state index in [0.717, 1.165) is 29.0 Å². The predicted octanol–water partition coefficient (Wildman–Crippen LogP) is 11.5. The normalized spacial score (nSPS) is 11.8. The Balaban J connectivity index is 1.37. The Kier molecular flexibility index (Phi) is 5.82. The average molecular weight is 575 g/mol. The fraction of sp³-hybridized carbons (Fsp3) is 0.0465. The molecule has 2 nitrogen and oxygen atoms in total. The van der Waals surface area contributed by atoms with Gasteiger partial charge >= 0.3 is 0 Å². The van der Waals surface area contributed by atoms with Gasteiger partial charge in [-0.25, -0.2) is 4.98 Å². The van der Waals surface area contributed by atoms with E-state index >= 15 is 0 Å². The fourth-order valence-electron chi connectivity index (χ4n) is 7.39. The molecule has 0 aliphatic carbocycles. The second-order valence-corrected chi connectivity index (χ2v) is 11.8. The second kappa shape index (κ2) is 10.2. The summed E-state index contributed by atoms with van der Waals surface area (Å²) in [5.74, 6) is 1.07. The van der Waals surface area contributed by atoms with Crippen molar-refractivity contribution >= 4 is 54.1 Å². The van der Waals surface area contributed by atoms with Gasteiger partial charge in [0.25, 0.3) is 0 Å². The first-order valence-electron chi connectivity index (χ1n) is 15.7. The lowest BCUT2D eigenvalue weighted by molar-refractivity contribution is 0.908. The van der Waals surface area contributed by atoms with E-state index in [1.165, 1.54) is 65.3 Å². The van der Waals surface area contributed by atoms with Gasteiger partial charge in [-0.05, 0) is 95.7 Å². The van der Waals surface area contributed by atoms with E-state index in [1.807, 2.05) is 0 Å². The summed E-state index contributed by atoms with van der Waals surface area (Å²) in [5, 5.41) is 10.2. The highest BCUT2D eigenvalue weighted by Crippen LogP contribution is 2.46. The van der Waals surface area contributed by atoms with Gasteiger partial charge < -0.3 is 0 Å². The summed E-state index contributed by atoms with van der Waals surface area (Å²) in [6, 6.07) is 55.3. The number of aromatic nitrogens is 2. The first kappa shape index (κ1) is 25.7.